The molecule has 1 aromatic heterocycles. The molecule has 0 saturated carbocycles. The quantitative estimate of drug-likeness (QED) is 0.789. The van der Waals surface area contributed by atoms with E-state index in [1.54, 1.807) is 11.3 Å². The smallest absolute Gasteiger partial charge is 0.00201 e. The molecular weight excluding hydrogens is 250 g/mol. The van der Waals surface area contributed by atoms with E-state index in [1.165, 1.54) is 29.5 Å². The van der Waals surface area contributed by atoms with Gasteiger partial charge >= 0.3 is 0 Å². The zero-order chi connectivity index (χ0) is 13.5. The minimum absolute atomic E-state index is 0.612. The van der Waals surface area contributed by atoms with Gasteiger partial charge in [0.15, 0.2) is 0 Å². The standard InChI is InChI=1S/C17H23NS/c1-3-18-12-17(9-6-15-10-11-19-13-15)16-7-4-14(2)5-8-16/h4-5,7-8,10-11,13,17-18H,3,6,9,12H2,1-2H3. The van der Waals surface area contributed by atoms with E-state index in [4.69, 9.17) is 0 Å². The van der Waals surface area contributed by atoms with E-state index in [9.17, 15) is 0 Å². The predicted octanol–water partition coefficient (Wildman–Crippen LogP) is 4.38. The van der Waals surface area contributed by atoms with Gasteiger partial charge in [-0.2, -0.15) is 11.3 Å². The third-order valence-corrected chi connectivity index (χ3v) is 4.28. The van der Waals surface area contributed by atoms with Gasteiger partial charge in [0, 0.05) is 6.54 Å². The second-order valence-corrected chi connectivity index (χ2v) is 5.87. The monoisotopic (exact) mass is 273 g/mol. The number of nitrogens with one attached hydrogen (secondary N) is 1. The lowest BCUT2D eigenvalue weighted by molar-refractivity contribution is 0.562. The Labute approximate surface area is 120 Å². The lowest BCUT2D eigenvalue weighted by Gasteiger charge is -2.18. The van der Waals surface area contributed by atoms with Crippen molar-refractivity contribution >= 4 is 11.3 Å². The van der Waals surface area contributed by atoms with Gasteiger partial charge in [-0.05, 0) is 60.2 Å². The van der Waals surface area contributed by atoms with E-state index in [1.807, 2.05) is 0 Å². The molecule has 0 spiro atoms. The maximum Gasteiger partial charge on any atom is 0.00201 e. The van der Waals surface area contributed by atoms with E-state index < -0.39 is 0 Å². The van der Waals surface area contributed by atoms with Gasteiger partial charge in [0.25, 0.3) is 0 Å². The highest BCUT2D eigenvalue weighted by atomic mass is 32.1. The molecule has 2 aromatic rings. The van der Waals surface area contributed by atoms with Crippen LogP contribution in [0.4, 0.5) is 0 Å². The maximum atomic E-state index is 3.49. The molecule has 0 radical (unpaired) electrons. The highest BCUT2D eigenvalue weighted by molar-refractivity contribution is 7.07. The number of hydrogen-bond acceptors (Lipinski definition) is 2. The fourth-order valence-electron chi connectivity index (χ4n) is 2.32. The average molecular weight is 273 g/mol. The van der Waals surface area contributed by atoms with Crippen molar-refractivity contribution in [2.24, 2.45) is 0 Å². The van der Waals surface area contributed by atoms with Gasteiger partial charge in [-0.25, -0.2) is 0 Å². The van der Waals surface area contributed by atoms with Crippen LogP contribution in [-0.4, -0.2) is 13.1 Å². The van der Waals surface area contributed by atoms with Crippen LogP contribution in [0.1, 0.15) is 36.0 Å². The van der Waals surface area contributed by atoms with Crippen LogP contribution < -0.4 is 5.32 Å². The Morgan fingerprint density at radius 1 is 1.16 bits per heavy atom. The van der Waals surface area contributed by atoms with Gasteiger partial charge in [0.2, 0.25) is 0 Å². The van der Waals surface area contributed by atoms with Crippen LogP contribution in [0.15, 0.2) is 41.1 Å². The number of thiophene rings is 1. The summed E-state index contributed by atoms with van der Waals surface area (Å²) in [6, 6.07) is 11.2. The summed E-state index contributed by atoms with van der Waals surface area (Å²) in [4.78, 5) is 0. The summed E-state index contributed by atoms with van der Waals surface area (Å²) in [5, 5.41) is 7.92. The Morgan fingerprint density at radius 2 is 1.95 bits per heavy atom. The number of rotatable bonds is 7. The topological polar surface area (TPSA) is 12.0 Å². The second-order valence-electron chi connectivity index (χ2n) is 5.09. The van der Waals surface area contributed by atoms with Gasteiger partial charge in [-0.3, -0.25) is 0 Å². The number of likely N-dealkylation sites (N-methyl/N-ethyl adjacent to an activating group) is 1. The first-order chi connectivity index (χ1) is 9.29. The highest BCUT2D eigenvalue weighted by Crippen LogP contribution is 2.22. The molecule has 102 valence electrons. The Balaban J connectivity index is 2.00. The minimum Gasteiger partial charge on any atom is -0.316 e. The molecule has 19 heavy (non-hydrogen) atoms. The van der Waals surface area contributed by atoms with Gasteiger partial charge in [-0.15, -0.1) is 0 Å². The molecule has 0 bridgehead atoms. The molecule has 2 rings (SSSR count). The number of benzene rings is 1. The Hall–Kier alpha value is -1.12. The molecule has 1 aromatic carbocycles. The average Bonchev–Trinajstić information content (AvgIpc) is 2.93. The van der Waals surface area contributed by atoms with Crippen LogP contribution in [-0.2, 0) is 6.42 Å². The van der Waals surface area contributed by atoms with E-state index in [2.05, 4.69) is 60.3 Å². The second kappa shape index (κ2) is 7.46. The summed E-state index contributed by atoms with van der Waals surface area (Å²) >= 11 is 1.79. The number of hydrogen-bond donors (Lipinski definition) is 1. The first kappa shape index (κ1) is 14.3. The zero-order valence-electron chi connectivity index (χ0n) is 11.9. The largest absolute Gasteiger partial charge is 0.316 e. The number of aryl methyl sites for hydroxylation is 2. The molecule has 0 aliphatic rings. The summed E-state index contributed by atoms with van der Waals surface area (Å²) in [6.45, 7) is 6.43. The Morgan fingerprint density at radius 3 is 2.58 bits per heavy atom. The zero-order valence-corrected chi connectivity index (χ0v) is 12.7. The van der Waals surface area contributed by atoms with Crippen molar-refractivity contribution in [1.29, 1.82) is 0 Å². The normalized spacial score (nSPS) is 12.5. The summed E-state index contributed by atoms with van der Waals surface area (Å²) in [5.74, 6) is 0.612. The van der Waals surface area contributed by atoms with Crippen LogP contribution in [0, 0.1) is 6.92 Å². The fourth-order valence-corrected chi connectivity index (χ4v) is 3.02. The van der Waals surface area contributed by atoms with Gasteiger partial charge in [0.05, 0.1) is 0 Å². The van der Waals surface area contributed by atoms with Crippen molar-refractivity contribution in [3.8, 4) is 0 Å². The molecule has 0 amide bonds. The predicted molar refractivity (Wildman–Crippen MR) is 85.1 cm³/mol. The molecule has 1 atom stereocenters. The van der Waals surface area contributed by atoms with Gasteiger partial charge < -0.3 is 5.32 Å². The Kier molecular flexibility index (Phi) is 5.62. The summed E-state index contributed by atoms with van der Waals surface area (Å²) < 4.78 is 0. The van der Waals surface area contributed by atoms with Crippen molar-refractivity contribution in [2.75, 3.05) is 13.1 Å². The summed E-state index contributed by atoms with van der Waals surface area (Å²) in [6.07, 6.45) is 2.39. The minimum atomic E-state index is 0.612. The van der Waals surface area contributed by atoms with Crippen molar-refractivity contribution in [3.05, 3.63) is 57.8 Å². The Bertz CT molecular complexity index is 459. The van der Waals surface area contributed by atoms with Crippen molar-refractivity contribution in [1.82, 2.24) is 5.32 Å². The molecule has 1 nitrogen and oxygen atoms in total. The van der Waals surface area contributed by atoms with Crippen molar-refractivity contribution in [2.45, 2.75) is 32.6 Å². The first-order valence-electron chi connectivity index (χ1n) is 7.08. The highest BCUT2D eigenvalue weighted by Gasteiger charge is 2.11. The lowest BCUT2D eigenvalue weighted by Crippen LogP contribution is -2.21. The molecular formula is C17H23NS. The van der Waals surface area contributed by atoms with E-state index in [0.29, 0.717) is 5.92 Å². The van der Waals surface area contributed by atoms with Crippen LogP contribution in [0.5, 0.6) is 0 Å². The third kappa shape index (κ3) is 4.48. The van der Waals surface area contributed by atoms with Crippen LogP contribution >= 0.6 is 11.3 Å². The SMILES string of the molecule is CCNCC(CCc1ccsc1)c1ccc(C)cc1. The van der Waals surface area contributed by atoms with E-state index in [-0.39, 0.29) is 0 Å². The molecule has 2 heteroatoms. The molecule has 0 aliphatic carbocycles. The summed E-state index contributed by atoms with van der Waals surface area (Å²) in [7, 11) is 0. The van der Waals surface area contributed by atoms with E-state index in [0.717, 1.165) is 13.1 Å². The molecule has 0 fully saturated rings. The third-order valence-electron chi connectivity index (χ3n) is 3.55. The molecule has 1 heterocycles. The van der Waals surface area contributed by atoms with E-state index >= 15 is 0 Å². The molecule has 0 aliphatic heterocycles. The van der Waals surface area contributed by atoms with Crippen LogP contribution in [0.2, 0.25) is 0 Å². The molecule has 0 saturated heterocycles. The van der Waals surface area contributed by atoms with Crippen molar-refractivity contribution in [3.63, 3.8) is 0 Å². The van der Waals surface area contributed by atoms with Crippen LogP contribution in [0.25, 0.3) is 0 Å². The fraction of sp³-hybridized carbons (Fsp3) is 0.412. The van der Waals surface area contributed by atoms with Gasteiger partial charge in [0.1, 0.15) is 0 Å². The van der Waals surface area contributed by atoms with Crippen LogP contribution in [0.3, 0.4) is 0 Å². The molecule has 1 N–H and O–H groups in total. The molecule has 1 unspecified atom stereocenters. The lowest BCUT2D eigenvalue weighted by atomic mass is 9.92. The van der Waals surface area contributed by atoms with Gasteiger partial charge in [-0.1, -0.05) is 36.8 Å². The maximum absolute atomic E-state index is 3.49. The first-order valence-corrected chi connectivity index (χ1v) is 8.02. The summed E-state index contributed by atoms with van der Waals surface area (Å²) in [5.41, 5.74) is 4.27. The van der Waals surface area contributed by atoms with Crippen molar-refractivity contribution < 1.29 is 0 Å².